The molecule has 14 N–H and O–H groups in total. The number of anilines is 2. The van der Waals surface area contributed by atoms with E-state index < -0.39 is 95.5 Å². The zero-order valence-electron chi connectivity index (χ0n) is 54.9. The number of nitrogens with one attached hydrogen (secondary N) is 6. The molecular weight excluding hydrogens is 1240 g/mol. The molecule has 0 aromatic heterocycles. The number of ether oxygens (including phenoxy) is 4. The quantitative estimate of drug-likeness (QED) is 0.00919. The Morgan fingerprint density at radius 2 is 0.990 bits per heavy atom. The predicted molar refractivity (Wildman–Crippen MR) is 361 cm³/mol. The fraction of sp³-hybridized carbons (Fsp3) is 0.414. The summed E-state index contributed by atoms with van der Waals surface area (Å²) in [6.07, 6.45) is 1.63. The number of benzene rings is 5. The average molecular weight is 1330 g/mol. The summed E-state index contributed by atoms with van der Waals surface area (Å²) in [7, 11) is 0. The summed E-state index contributed by atoms with van der Waals surface area (Å²) in [4.78, 5) is 138. The van der Waals surface area contributed by atoms with Crippen molar-refractivity contribution in [2.45, 2.75) is 147 Å². The number of alkyl carbamates (subject to hydrolysis) is 2. The number of guanidine groups is 2. The number of hydrogen-bond acceptors (Lipinski definition) is 15. The van der Waals surface area contributed by atoms with Crippen molar-refractivity contribution in [1.29, 1.82) is 0 Å². The third-order valence-corrected chi connectivity index (χ3v) is 18.0. The van der Waals surface area contributed by atoms with E-state index in [0.717, 1.165) is 11.1 Å². The molecule has 4 aliphatic heterocycles. The molecule has 2 saturated heterocycles. The summed E-state index contributed by atoms with van der Waals surface area (Å²) in [5, 5.41) is 17.1. The maximum Gasteiger partial charge on any atom is 0.408 e. The van der Waals surface area contributed by atoms with Crippen molar-refractivity contribution in [2.24, 2.45) is 44.8 Å². The first-order chi connectivity index (χ1) is 46.7. The maximum atomic E-state index is 14.6. The highest BCUT2D eigenvalue weighted by Crippen LogP contribution is 2.57. The van der Waals surface area contributed by atoms with Crippen LogP contribution < -0.4 is 59.6 Å². The van der Waals surface area contributed by atoms with Crippen LogP contribution in [0.3, 0.4) is 0 Å². The van der Waals surface area contributed by atoms with Gasteiger partial charge in [-0.3, -0.25) is 38.8 Å². The van der Waals surface area contributed by atoms with Crippen LogP contribution in [0.15, 0.2) is 131 Å². The molecule has 97 heavy (non-hydrogen) atoms. The van der Waals surface area contributed by atoms with Gasteiger partial charge in [0, 0.05) is 66.4 Å². The van der Waals surface area contributed by atoms with Crippen LogP contribution in [0.5, 0.6) is 11.5 Å². The van der Waals surface area contributed by atoms with Gasteiger partial charge in [0.15, 0.2) is 17.5 Å². The number of carbonyl (C=O) groups excluding carboxylic acids is 9. The van der Waals surface area contributed by atoms with E-state index >= 15 is 0 Å². The smallest absolute Gasteiger partial charge is 0.408 e. The second-order valence-electron chi connectivity index (χ2n) is 24.7. The molecule has 5 aromatic carbocycles. The Balaban J connectivity index is 0.934. The van der Waals surface area contributed by atoms with E-state index in [1.165, 1.54) is 9.80 Å². The lowest BCUT2D eigenvalue weighted by atomic mass is 9.77. The molecule has 4 aliphatic rings. The monoisotopic (exact) mass is 1330 g/mol. The number of amides is 8. The summed E-state index contributed by atoms with van der Waals surface area (Å²) in [6.45, 7) is 8.09. The van der Waals surface area contributed by atoms with Crippen LogP contribution in [0, 0.1) is 11.8 Å². The molecule has 27 heteroatoms. The average Bonchev–Trinajstić information content (AvgIpc) is 1.62. The molecule has 0 bridgehead atoms. The largest absolute Gasteiger partial charge is 0.456 e. The summed E-state index contributed by atoms with van der Waals surface area (Å²) in [5.74, 6) is -4.71. The van der Waals surface area contributed by atoms with Gasteiger partial charge in [0.05, 0.1) is 5.56 Å². The van der Waals surface area contributed by atoms with E-state index in [1.54, 1.807) is 60.7 Å². The van der Waals surface area contributed by atoms with Crippen molar-refractivity contribution in [1.82, 2.24) is 31.1 Å². The zero-order valence-corrected chi connectivity index (χ0v) is 54.9. The summed E-state index contributed by atoms with van der Waals surface area (Å²) >= 11 is 0. The lowest BCUT2D eigenvalue weighted by Gasteiger charge is -2.37. The van der Waals surface area contributed by atoms with Crippen molar-refractivity contribution >= 4 is 76.9 Å². The molecular formula is C70H86N14O13. The standard InChI is InChI=1S/C70H86N14O13/c1-5-41(3)57(81-68(92)94-39-43-19-9-7-10-20-43)63(89)83-35-17-27-53(83)61(87)79-51(25-15-33-75-66(71)72)59(85)77-45-29-31-49-55(37-45)96-56-38-46(30-32-50(56)70(49)48-24-14-13-23-47(48)65(91)97-70)78-60(86)52(26-16-34-76-67(73)74)80-62(88)54-28-18-36-84(54)64(90)58(42(4)6-2)82-69(93)95-40-44-21-11-8-12-22-44/h7-14,19-24,29-32,37-38,41-42,51-54,57-58H,5-6,15-18,25-28,33-36,39-40H2,1-4H3,(H,77,85)(H,78,86)(H,79,87)(H,80,88)(H,81,92)(H,82,93)(H4,71,72,75)(H4,73,74,76)/t41-,42-,51-,52-,53-,54-,57-,58?,70?/m0/s1. The molecule has 0 radical (unpaired) electrons. The first-order valence-corrected chi connectivity index (χ1v) is 32.9. The molecule has 5 aromatic rings. The molecule has 0 saturated carbocycles. The first-order valence-electron chi connectivity index (χ1n) is 32.9. The van der Waals surface area contributed by atoms with E-state index in [4.69, 9.17) is 41.9 Å². The molecule has 4 heterocycles. The molecule has 1 spiro atoms. The maximum absolute atomic E-state index is 14.6. The Morgan fingerprint density at radius 3 is 1.41 bits per heavy atom. The molecule has 9 atom stereocenters. The van der Waals surface area contributed by atoms with Gasteiger partial charge in [0.25, 0.3) is 0 Å². The first kappa shape index (κ1) is 70.6. The highest BCUT2D eigenvalue weighted by atomic mass is 16.6. The Labute approximate surface area is 562 Å². The van der Waals surface area contributed by atoms with Crippen LogP contribution in [0.4, 0.5) is 21.0 Å². The fourth-order valence-electron chi connectivity index (χ4n) is 12.5. The van der Waals surface area contributed by atoms with Crippen molar-refractivity contribution in [3.63, 3.8) is 0 Å². The van der Waals surface area contributed by atoms with Crippen LogP contribution in [-0.2, 0) is 61.8 Å². The lowest BCUT2D eigenvalue weighted by Crippen LogP contribution is -2.57. The molecule has 2 unspecified atom stereocenters. The highest BCUT2D eigenvalue weighted by molar-refractivity contribution is 6.02. The highest BCUT2D eigenvalue weighted by Gasteiger charge is 2.54. The number of nitrogens with two attached hydrogens (primary N) is 4. The third kappa shape index (κ3) is 17.2. The van der Waals surface area contributed by atoms with Crippen molar-refractivity contribution in [2.75, 3.05) is 36.8 Å². The lowest BCUT2D eigenvalue weighted by molar-refractivity contribution is -0.141. The number of likely N-dealkylation sites (tertiary alicyclic amines) is 2. The number of aliphatic imine (C=N–C) groups is 2. The molecule has 514 valence electrons. The number of rotatable bonds is 28. The minimum Gasteiger partial charge on any atom is -0.456 e. The van der Waals surface area contributed by atoms with Crippen LogP contribution >= 0.6 is 0 Å². The van der Waals surface area contributed by atoms with Crippen molar-refractivity contribution in [3.05, 3.63) is 155 Å². The van der Waals surface area contributed by atoms with Gasteiger partial charge in [0.1, 0.15) is 61.0 Å². The van der Waals surface area contributed by atoms with Crippen LogP contribution in [-0.4, -0.2) is 138 Å². The Morgan fingerprint density at radius 1 is 0.567 bits per heavy atom. The molecule has 9 rings (SSSR count). The van der Waals surface area contributed by atoms with Gasteiger partial charge in [0.2, 0.25) is 35.4 Å². The van der Waals surface area contributed by atoms with Crippen LogP contribution in [0.2, 0.25) is 0 Å². The topological polar surface area (TPSA) is 398 Å². The number of hydrogen-bond donors (Lipinski definition) is 10. The number of fused-ring (bicyclic) bond motifs is 6. The van der Waals surface area contributed by atoms with Gasteiger partial charge in [-0.15, -0.1) is 0 Å². The third-order valence-electron chi connectivity index (χ3n) is 18.0. The Kier molecular flexibility index (Phi) is 23.7. The van der Waals surface area contributed by atoms with Gasteiger partial charge < -0.3 is 83.6 Å². The van der Waals surface area contributed by atoms with Gasteiger partial charge >= 0.3 is 18.2 Å². The SMILES string of the molecule is CC[C@H](C)C(NC(=O)OCc1ccccc1)C(=O)N1CCC[C@H]1C(=O)N[C@@H](CCCN=C(N)N)C(=O)Nc1ccc2c(c1)Oc1cc(NC(=O)[C@H](CCCN=C(N)N)NC(=O)[C@@H]3CCCN3C(=O)[C@@H](NC(=O)OCc3ccccc3)[C@@H](C)CC)ccc1C21OC(=O)c2ccccc21. The van der Waals surface area contributed by atoms with Crippen LogP contribution in [0.1, 0.15) is 130 Å². The van der Waals surface area contributed by atoms with Gasteiger partial charge in [-0.2, -0.15) is 0 Å². The van der Waals surface area contributed by atoms with E-state index in [2.05, 4.69) is 41.9 Å². The van der Waals surface area contributed by atoms with Gasteiger partial charge in [-0.25, -0.2) is 14.4 Å². The second kappa shape index (κ2) is 32.6. The van der Waals surface area contributed by atoms with Gasteiger partial charge in [-0.1, -0.05) is 119 Å². The summed E-state index contributed by atoms with van der Waals surface area (Å²) in [5.41, 5.74) is 24.5. The van der Waals surface area contributed by atoms with E-state index in [9.17, 15) is 43.2 Å². The molecule has 27 nitrogen and oxygen atoms in total. The minimum atomic E-state index is -1.60. The van der Waals surface area contributed by atoms with E-state index in [0.29, 0.717) is 47.9 Å². The zero-order chi connectivity index (χ0) is 69.3. The van der Waals surface area contributed by atoms with Gasteiger partial charge in [-0.05, 0) is 105 Å². The van der Waals surface area contributed by atoms with Crippen LogP contribution in [0.25, 0.3) is 0 Å². The molecule has 0 aliphatic carbocycles. The second-order valence-corrected chi connectivity index (χ2v) is 24.7. The molecule has 2 fully saturated rings. The number of esters is 1. The Bertz CT molecular complexity index is 3540. The van der Waals surface area contributed by atoms with Crippen molar-refractivity contribution < 1.29 is 62.1 Å². The Hall–Kier alpha value is -10.7. The molecule has 8 amide bonds. The fourth-order valence-corrected chi connectivity index (χ4v) is 12.5. The normalized spacial score (nSPS) is 18.3. The summed E-state index contributed by atoms with van der Waals surface area (Å²) < 4.78 is 24.0. The van der Waals surface area contributed by atoms with Crippen molar-refractivity contribution in [3.8, 4) is 11.5 Å². The predicted octanol–water partition coefficient (Wildman–Crippen LogP) is 5.87. The number of carbonyl (C=O) groups is 9. The summed E-state index contributed by atoms with van der Waals surface area (Å²) in [6, 6.07) is 28.3. The van der Waals surface area contributed by atoms with E-state index in [1.807, 2.05) is 88.4 Å². The number of nitrogens with zero attached hydrogens (tertiary/aromatic N) is 4. The minimum absolute atomic E-state index is 0.0144. The van der Waals surface area contributed by atoms with E-state index in [-0.39, 0.29) is 125 Å².